The zero-order valence-electron chi connectivity index (χ0n) is 62.9. The molecule has 3 aliphatic rings. The van der Waals surface area contributed by atoms with Gasteiger partial charge in [-0.2, -0.15) is 0 Å². The van der Waals surface area contributed by atoms with Crippen molar-refractivity contribution in [2.75, 3.05) is 21.1 Å². The van der Waals surface area contributed by atoms with E-state index in [1.165, 1.54) is 41.3 Å². The molecular weight excluding hydrogens is 1390 g/mol. The zero-order valence-corrected chi connectivity index (χ0v) is 64.9. The molecule has 0 fully saturated rings. The van der Waals surface area contributed by atoms with Crippen molar-refractivity contribution in [1.82, 2.24) is 40.5 Å². The summed E-state index contributed by atoms with van der Waals surface area (Å²) in [5.74, 6) is 8.34. The minimum Gasteiger partial charge on any atom is -0.541 e. The fourth-order valence-electron chi connectivity index (χ4n) is 16.4. The van der Waals surface area contributed by atoms with Crippen molar-refractivity contribution in [3.63, 3.8) is 0 Å². The van der Waals surface area contributed by atoms with Crippen LogP contribution in [0.1, 0.15) is 181 Å². The highest BCUT2D eigenvalue weighted by Crippen LogP contribution is 2.51. The van der Waals surface area contributed by atoms with E-state index >= 15 is 0 Å². The molecule has 0 radical (unpaired) electrons. The molecule has 0 unspecified atom stereocenters. The second kappa shape index (κ2) is 31.9. The molecule has 20 nitrogen and oxygen atoms in total. The summed E-state index contributed by atoms with van der Waals surface area (Å²) in [7, 11) is 0.186. The van der Waals surface area contributed by atoms with Crippen LogP contribution in [0.4, 0.5) is 13.2 Å². The van der Waals surface area contributed by atoms with Gasteiger partial charge in [-0.3, -0.25) is 54.6 Å². The normalized spacial score (nSPS) is 13.5. The Morgan fingerprint density at radius 1 is 0.453 bits per heavy atom. The third kappa shape index (κ3) is 15.5. The number of nitrogens with zero attached hydrogens (tertiary/aromatic N) is 6. The monoisotopic (exact) mass is 1480 g/mol. The average Bonchev–Trinajstić information content (AvgIpc) is 1.22. The number of carbonyl (C=O) groups is 6. The highest BCUT2D eigenvalue weighted by atomic mass is 28.4. The number of carbonyl (C=O) groups excluding carboxylic acids is 5. The molecule has 0 atom stereocenters. The van der Waals surface area contributed by atoms with E-state index < -0.39 is 28.5 Å². The molecular formula is C81H95F3N10O10Si2. The van der Waals surface area contributed by atoms with Gasteiger partial charge in [0, 0.05) is 75.5 Å². The summed E-state index contributed by atoms with van der Waals surface area (Å²) in [4.78, 5) is 94.9. The lowest BCUT2D eigenvalue weighted by Gasteiger charge is -2.42. The number of pyridine rings is 3. The maximum absolute atomic E-state index is 13.6. The number of rotatable bonds is 22. The van der Waals surface area contributed by atoms with Crippen molar-refractivity contribution in [2.45, 2.75) is 174 Å². The van der Waals surface area contributed by atoms with E-state index in [9.17, 15) is 52.2 Å². The van der Waals surface area contributed by atoms with Gasteiger partial charge in [-0.25, -0.2) is 24.9 Å². The van der Waals surface area contributed by atoms with Gasteiger partial charge in [0.2, 0.25) is 11.8 Å². The summed E-state index contributed by atoms with van der Waals surface area (Å²) in [6.45, 7) is 27.4. The van der Waals surface area contributed by atoms with Crippen molar-refractivity contribution >= 4 is 84.8 Å². The molecule has 0 saturated heterocycles. The van der Waals surface area contributed by atoms with Crippen LogP contribution in [0.3, 0.4) is 0 Å². The number of carboxylic acid groups (broad SMARTS) is 1. The summed E-state index contributed by atoms with van der Waals surface area (Å²) in [6.07, 6.45) is 6.45. The molecule has 0 aliphatic carbocycles. The number of aliphatic carboxylic acids is 1. The Kier molecular flexibility index (Phi) is 23.6. The van der Waals surface area contributed by atoms with E-state index in [0.717, 1.165) is 49.9 Å². The van der Waals surface area contributed by atoms with E-state index in [1.807, 2.05) is 18.2 Å². The topological polar surface area (TPSA) is 286 Å². The molecule has 25 heteroatoms. The molecule has 558 valence electrons. The number of hydrogen-bond donors (Lipinski definition) is 6. The number of carboxylic acids is 1. The average molecular weight is 1480 g/mol. The molecule has 5 amide bonds. The minimum atomic E-state index is -2.47. The van der Waals surface area contributed by atoms with Crippen LogP contribution >= 0.6 is 0 Å². The number of phenolic OH excluding ortho intramolecular Hbond substituents is 1. The number of phenols is 1. The minimum absolute atomic E-state index is 0.0134. The summed E-state index contributed by atoms with van der Waals surface area (Å²) in [5.41, 5.74) is 18.0. The number of hydrogen-bond acceptors (Lipinski definition) is 14. The quantitative estimate of drug-likeness (QED) is 0.0159. The summed E-state index contributed by atoms with van der Waals surface area (Å²) in [5, 5.41) is 22.6. The smallest absolute Gasteiger partial charge is 0.307 e. The third-order valence-corrected chi connectivity index (χ3v) is 33.2. The van der Waals surface area contributed by atoms with Crippen molar-refractivity contribution < 1.29 is 61.0 Å². The van der Waals surface area contributed by atoms with Gasteiger partial charge in [0.15, 0.2) is 5.75 Å². The molecule has 6 heterocycles. The predicted octanol–water partition coefficient (Wildman–Crippen LogP) is 14.2. The Bertz CT molecular complexity index is 4860. The predicted molar refractivity (Wildman–Crippen MR) is 409 cm³/mol. The van der Waals surface area contributed by atoms with Crippen LogP contribution in [0.15, 0.2) is 110 Å². The number of nitrogens with one attached hydrogen (secondary N) is 2. The van der Waals surface area contributed by atoms with E-state index in [-0.39, 0.29) is 117 Å². The van der Waals surface area contributed by atoms with Crippen LogP contribution in [0.5, 0.6) is 17.2 Å². The Labute approximate surface area is 618 Å². The van der Waals surface area contributed by atoms with Gasteiger partial charge in [-0.1, -0.05) is 119 Å². The van der Waals surface area contributed by atoms with E-state index in [0.29, 0.717) is 99.0 Å². The molecule has 0 spiro atoms. The van der Waals surface area contributed by atoms with Crippen LogP contribution in [0, 0.1) is 17.5 Å². The Balaban J connectivity index is 0.000000172. The Morgan fingerprint density at radius 2 is 0.726 bits per heavy atom. The van der Waals surface area contributed by atoms with Gasteiger partial charge in [0.05, 0.1) is 36.0 Å². The molecule has 12 rings (SSSR count). The molecule has 6 aromatic carbocycles. The first-order valence-electron chi connectivity index (χ1n) is 35.8. The maximum atomic E-state index is 13.6. The fourth-order valence-corrected chi connectivity index (χ4v) is 26.9. The molecule has 8 N–H and O–H groups in total. The SMILES string of the molecule is CC(C)[Si](Oc1c2c(c(CC(=O)NN)c3cc(Cc4ccc(F)cc4)cnc13)CN(C)C2=O)(C(C)C)C(C)C.CC(C)[Si](Oc1c2c(c(CC(=O)O)c3cc(Cc4ccc(F)cc4)cnc13)CN(C)C2=O)(C(C)C)C(C)C.CN1Cc2c(c(O)c3ncc(Cc4ccc(F)cc4)cc3c2CC(=O)NN)C1=O. The van der Waals surface area contributed by atoms with Crippen LogP contribution in [-0.4, -0.2) is 113 Å². The standard InChI is InChI=1S/C30H39FN4O3Si.C30H37FN2O4Si.C21H19FN4O3/c1-17(2)39(18(3)4,19(5)6)38-29-27-25(16-35(7)30(27)37)23(14-26(36)34-32)24-13-21(15-33-28(24)29)12-20-8-10-22(31)11-9-20;1-17(2)38(18(3)4,19(5)6)37-29-27-25(16-33(7)30(27)36)23(14-26(34)35)24-13-21(15-32-28(24)29)12-20-8-10-22(31)11-9-20;1-26-10-16-14(8-17(27)25-23)15-7-12(6-11-2-4-13(22)5-3-11)9-24-19(15)20(28)18(16)21(26)29/h8-11,13,15,17-19H,12,14,16,32H2,1-7H3,(H,34,36);8-11,13,15,17-19H,12,14,16H2,1-7H3,(H,34,35);2-5,7,9,28H,6,8,10,23H2,1H3,(H,25,27). The second-order valence-electron chi connectivity index (χ2n) is 30.0. The van der Waals surface area contributed by atoms with Crippen LogP contribution < -0.4 is 31.4 Å². The van der Waals surface area contributed by atoms with Gasteiger partial charge in [-0.15, -0.1) is 0 Å². The van der Waals surface area contributed by atoms with Crippen LogP contribution in [0.2, 0.25) is 33.2 Å². The van der Waals surface area contributed by atoms with Gasteiger partial charge in [0.25, 0.3) is 34.4 Å². The number of aromatic nitrogens is 3. The summed E-state index contributed by atoms with van der Waals surface area (Å²) >= 11 is 0. The number of hydrazine groups is 2. The van der Waals surface area contributed by atoms with Gasteiger partial charge < -0.3 is 33.8 Å². The largest absolute Gasteiger partial charge is 0.541 e. The second-order valence-corrected chi connectivity index (χ2v) is 40.8. The Morgan fingerprint density at radius 3 is 1.02 bits per heavy atom. The highest BCUT2D eigenvalue weighted by Gasteiger charge is 2.51. The van der Waals surface area contributed by atoms with Crippen LogP contribution in [0.25, 0.3) is 32.7 Å². The molecule has 106 heavy (non-hydrogen) atoms. The van der Waals surface area contributed by atoms with E-state index in [1.54, 1.807) is 85.9 Å². The lowest BCUT2D eigenvalue weighted by atomic mass is 9.93. The molecule has 0 bridgehead atoms. The summed E-state index contributed by atoms with van der Waals surface area (Å²) in [6, 6.07) is 24.7. The number of amides is 5. The first-order chi connectivity index (χ1) is 50.1. The number of benzene rings is 6. The van der Waals surface area contributed by atoms with Crippen molar-refractivity contribution in [1.29, 1.82) is 0 Å². The number of halogens is 3. The number of aromatic hydroxyl groups is 1. The first-order valence-corrected chi connectivity index (χ1v) is 40.1. The van der Waals surface area contributed by atoms with Crippen LogP contribution in [-0.2, 0) is 72.5 Å². The number of fused-ring (bicyclic) bond motifs is 6. The van der Waals surface area contributed by atoms with E-state index in [2.05, 4.69) is 98.9 Å². The lowest BCUT2D eigenvalue weighted by Crippen LogP contribution is -2.51. The zero-order chi connectivity index (χ0) is 77.3. The third-order valence-electron chi connectivity index (χ3n) is 21.3. The Hall–Kier alpha value is -10.1. The van der Waals surface area contributed by atoms with Gasteiger partial charge in [0.1, 0.15) is 45.5 Å². The van der Waals surface area contributed by atoms with Gasteiger partial charge in [-0.05, 0) is 174 Å². The summed E-state index contributed by atoms with van der Waals surface area (Å²) < 4.78 is 54.4. The molecule has 3 aliphatic heterocycles. The highest BCUT2D eigenvalue weighted by molar-refractivity contribution is 6.79. The van der Waals surface area contributed by atoms with Gasteiger partial charge >= 0.3 is 5.97 Å². The van der Waals surface area contributed by atoms with Crippen molar-refractivity contribution in [3.8, 4) is 17.2 Å². The molecule has 9 aromatic rings. The van der Waals surface area contributed by atoms with Crippen molar-refractivity contribution in [2.24, 2.45) is 11.7 Å². The van der Waals surface area contributed by atoms with E-state index in [4.69, 9.17) is 30.5 Å². The molecule has 3 aromatic heterocycles. The number of nitrogens with two attached hydrogens (primary N) is 2. The molecule has 0 saturated carbocycles. The first kappa shape index (κ1) is 78.5. The fraction of sp³-hybridized carbons (Fsp3) is 0.370. The lowest BCUT2D eigenvalue weighted by molar-refractivity contribution is -0.136. The maximum Gasteiger partial charge on any atom is 0.307 e. The van der Waals surface area contributed by atoms with Crippen molar-refractivity contribution in [3.05, 3.63) is 210 Å².